The van der Waals surface area contributed by atoms with Crippen molar-refractivity contribution in [3.63, 3.8) is 0 Å². The van der Waals surface area contributed by atoms with Crippen LogP contribution in [0.4, 0.5) is 0 Å². The van der Waals surface area contributed by atoms with Crippen LogP contribution in [0.1, 0.15) is 19.8 Å². The molecule has 0 spiro atoms. The number of hydrogen-bond acceptors (Lipinski definition) is 4. The first kappa shape index (κ1) is 13.8. The van der Waals surface area contributed by atoms with Gasteiger partial charge in [0.05, 0.1) is 18.6 Å². The number of carboxylic acids is 2. The molecular formula is C13H16O6. The number of carbonyl (C=O) groups is 2. The Morgan fingerprint density at radius 1 is 1.37 bits per heavy atom. The SMILES string of the molecule is CC1=CC(CC2OCCO2)(C(=O)O)CC(C(=O)O)=C1. The Kier molecular flexibility index (Phi) is 3.73. The van der Waals surface area contributed by atoms with Crippen LogP contribution in [0, 0.1) is 5.41 Å². The van der Waals surface area contributed by atoms with Gasteiger partial charge in [-0.15, -0.1) is 0 Å². The normalized spacial score (nSPS) is 27.8. The van der Waals surface area contributed by atoms with E-state index in [0.29, 0.717) is 18.8 Å². The van der Waals surface area contributed by atoms with Crippen molar-refractivity contribution >= 4 is 11.9 Å². The highest BCUT2D eigenvalue weighted by Gasteiger charge is 2.43. The number of hydrogen-bond donors (Lipinski definition) is 2. The summed E-state index contributed by atoms with van der Waals surface area (Å²) < 4.78 is 10.6. The lowest BCUT2D eigenvalue weighted by Crippen LogP contribution is -2.36. The fourth-order valence-corrected chi connectivity index (χ4v) is 2.51. The van der Waals surface area contributed by atoms with Crippen LogP contribution < -0.4 is 0 Å². The molecule has 2 rings (SSSR count). The van der Waals surface area contributed by atoms with Crippen LogP contribution >= 0.6 is 0 Å². The molecule has 2 aliphatic rings. The molecule has 0 saturated carbocycles. The van der Waals surface area contributed by atoms with Gasteiger partial charge in [-0.05, 0) is 19.4 Å². The molecule has 1 heterocycles. The zero-order chi connectivity index (χ0) is 14.0. The lowest BCUT2D eigenvalue weighted by molar-refractivity contribution is -0.152. The third-order valence-corrected chi connectivity index (χ3v) is 3.33. The highest BCUT2D eigenvalue weighted by Crippen LogP contribution is 2.40. The maximum absolute atomic E-state index is 11.6. The molecule has 1 atom stereocenters. The first-order valence-electron chi connectivity index (χ1n) is 6.03. The molecule has 0 amide bonds. The number of ether oxygens (including phenoxy) is 2. The van der Waals surface area contributed by atoms with Crippen molar-refractivity contribution in [2.75, 3.05) is 13.2 Å². The van der Waals surface area contributed by atoms with Crippen LogP contribution in [-0.2, 0) is 19.1 Å². The van der Waals surface area contributed by atoms with Gasteiger partial charge in [0, 0.05) is 12.0 Å². The predicted molar refractivity (Wildman–Crippen MR) is 64.5 cm³/mol. The molecule has 2 N–H and O–H groups in total. The Bertz CT molecular complexity index is 458. The number of aliphatic carboxylic acids is 2. The quantitative estimate of drug-likeness (QED) is 0.795. The van der Waals surface area contributed by atoms with Crippen LogP contribution in [0.15, 0.2) is 23.3 Å². The van der Waals surface area contributed by atoms with Gasteiger partial charge in [-0.25, -0.2) is 4.79 Å². The molecule has 0 bridgehead atoms. The summed E-state index contributed by atoms with van der Waals surface area (Å²) in [6.45, 7) is 2.56. The van der Waals surface area contributed by atoms with Crippen molar-refractivity contribution in [3.8, 4) is 0 Å². The van der Waals surface area contributed by atoms with E-state index < -0.39 is 23.6 Å². The van der Waals surface area contributed by atoms with E-state index in [1.165, 1.54) is 6.08 Å². The predicted octanol–water partition coefficient (Wildman–Crippen LogP) is 1.18. The number of rotatable bonds is 4. The summed E-state index contributed by atoms with van der Waals surface area (Å²) in [5, 5.41) is 18.6. The molecule has 0 aromatic rings. The van der Waals surface area contributed by atoms with Gasteiger partial charge in [0.25, 0.3) is 0 Å². The molecule has 1 aliphatic carbocycles. The average Bonchev–Trinajstić information content (AvgIpc) is 2.80. The summed E-state index contributed by atoms with van der Waals surface area (Å²) in [6.07, 6.45) is 2.56. The zero-order valence-corrected chi connectivity index (χ0v) is 10.6. The highest BCUT2D eigenvalue weighted by atomic mass is 16.7. The Morgan fingerprint density at radius 2 is 2.00 bits per heavy atom. The maximum Gasteiger partial charge on any atom is 0.331 e. The van der Waals surface area contributed by atoms with E-state index in [2.05, 4.69) is 0 Å². The van der Waals surface area contributed by atoms with Gasteiger partial charge in [0.2, 0.25) is 0 Å². The molecule has 6 nitrogen and oxygen atoms in total. The summed E-state index contributed by atoms with van der Waals surface area (Å²) in [4.78, 5) is 22.7. The molecule has 1 aliphatic heterocycles. The van der Waals surface area contributed by atoms with Crippen LogP contribution in [-0.4, -0.2) is 41.7 Å². The topological polar surface area (TPSA) is 93.1 Å². The van der Waals surface area contributed by atoms with Gasteiger partial charge in [-0.3, -0.25) is 4.79 Å². The van der Waals surface area contributed by atoms with E-state index in [-0.39, 0.29) is 18.4 Å². The third-order valence-electron chi connectivity index (χ3n) is 3.33. The standard InChI is InChI=1S/C13H16O6/c1-8-4-9(11(14)15)6-13(5-8,12(16)17)7-10-18-2-3-19-10/h4-5,10H,2-3,6-7H2,1H3,(H,14,15)(H,16,17). The molecule has 1 fully saturated rings. The minimum Gasteiger partial charge on any atom is -0.481 e. The molecule has 1 unspecified atom stereocenters. The van der Waals surface area contributed by atoms with Gasteiger partial charge < -0.3 is 19.7 Å². The Balaban J connectivity index is 2.27. The van der Waals surface area contributed by atoms with E-state index in [4.69, 9.17) is 14.6 Å². The van der Waals surface area contributed by atoms with Gasteiger partial charge in [0.1, 0.15) is 0 Å². The van der Waals surface area contributed by atoms with Crippen molar-refractivity contribution in [2.45, 2.75) is 26.1 Å². The summed E-state index contributed by atoms with van der Waals surface area (Å²) in [5.74, 6) is -2.15. The second-order valence-electron chi connectivity index (χ2n) is 4.88. The highest BCUT2D eigenvalue weighted by molar-refractivity contribution is 5.90. The van der Waals surface area contributed by atoms with Crippen molar-refractivity contribution in [3.05, 3.63) is 23.3 Å². The fraction of sp³-hybridized carbons (Fsp3) is 0.538. The van der Waals surface area contributed by atoms with Crippen molar-refractivity contribution in [2.24, 2.45) is 5.41 Å². The zero-order valence-electron chi connectivity index (χ0n) is 10.6. The van der Waals surface area contributed by atoms with Gasteiger partial charge in [-0.1, -0.05) is 11.6 Å². The summed E-state index contributed by atoms with van der Waals surface area (Å²) >= 11 is 0. The number of allylic oxidation sites excluding steroid dienone is 2. The first-order valence-corrected chi connectivity index (χ1v) is 6.03. The first-order chi connectivity index (χ1) is 8.93. The van der Waals surface area contributed by atoms with E-state index in [1.54, 1.807) is 13.0 Å². The second-order valence-corrected chi connectivity index (χ2v) is 4.88. The van der Waals surface area contributed by atoms with Crippen LogP contribution in [0.2, 0.25) is 0 Å². The molecule has 19 heavy (non-hydrogen) atoms. The monoisotopic (exact) mass is 268 g/mol. The Labute approximate surface area is 110 Å². The second kappa shape index (κ2) is 5.14. The molecule has 0 radical (unpaired) electrons. The maximum atomic E-state index is 11.6. The van der Waals surface area contributed by atoms with Gasteiger partial charge in [0.15, 0.2) is 6.29 Å². The Morgan fingerprint density at radius 3 is 2.53 bits per heavy atom. The third kappa shape index (κ3) is 2.85. The molecule has 1 saturated heterocycles. The van der Waals surface area contributed by atoms with E-state index in [0.717, 1.165) is 0 Å². The average molecular weight is 268 g/mol. The molecular weight excluding hydrogens is 252 g/mol. The lowest BCUT2D eigenvalue weighted by Gasteiger charge is -2.31. The van der Waals surface area contributed by atoms with Gasteiger partial charge in [-0.2, -0.15) is 0 Å². The van der Waals surface area contributed by atoms with E-state index in [9.17, 15) is 14.7 Å². The molecule has 6 heteroatoms. The van der Waals surface area contributed by atoms with Crippen molar-refractivity contribution < 1.29 is 29.3 Å². The van der Waals surface area contributed by atoms with Crippen molar-refractivity contribution in [1.29, 1.82) is 0 Å². The molecule has 0 aromatic heterocycles. The molecule has 0 aromatic carbocycles. The summed E-state index contributed by atoms with van der Waals surface area (Å²) in [6, 6.07) is 0. The van der Waals surface area contributed by atoms with Crippen LogP contribution in [0.5, 0.6) is 0 Å². The minimum absolute atomic E-state index is 0.0573. The van der Waals surface area contributed by atoms with Gasteiger partial charge >= 0.3 is 11.9 Å². The van der Waals surface area contributed by atoms with Crippen molar-refractivity contribution in [1.82, 2.24) is 0 Å². The number of carboxylic acid groups (broad SMARTS) is 2. The smallest absolute Gasteiger partial charge is 0.331 e. The van der Waals surface area contributed by atoms with E-state index >= 15 is 0 Å². The summed E-state index contributed by atoms with van der Waals surface area (Å²) in [5.41, 5.74) is -0.550. The fourth-order valence-electron chi connectivity index (χ4n) is 2.51. The lowest BCUT2D eigenvalue weighted by atomic mass is 9.74. The van der Waals surface area contributed by atoms with Crippen LogP contribution in [0.25, 0.3) is 0 Å². The molecule has 104 valence electrons. The minimum atomic E-state index is -1.28. The summed E-state index contributed by atoms with van der Waals surface area (Å²) in [7, 11) is 0. The largest absolute Gasteiger partial charge is 0.481 e. The Hall–Kier alpha value is -1.66. The van der Waals surface area contributed by atoms with Crippen LogP contribution in [0.3, 0.4) is 0 Å². The van der Waals surface area contributed by atoms with E-state index in [1.807, 2.05) is 0 Å².